The zero-order valence-corrected chi connectivity index (χ0v) is 12.6. The van der Waals surface area contributed by atoms with Gasteiger partial charge >= 0.3 is 0 Å². The molecular weight excluding hydrogens is 226 g/mol. The van der Waals surface area contributed by atoms with Crippen molar-refractivity contribution in [1.82, 2.24) is 4.57 Å². The standard InChI is InChI=1S/C15H25NO2/c1-14(2,3)8-10-9-16(7)11(12(10)17)13(18)15(4,5)6/h9,17H,8H2,1-7H3. The van der Waals surface area contributed by atoms with E-state index in [0.29, 0.717) is 5.69 Å². The number of carbonyl (C=O) groups is 1. The smallest absolute Gasteiger partial charge is 0.188 e. The van der Waals surface area contributed by atoms with Crippen LogP contribution in [0.3, 0.4) is 0 Å². The Balaban J connectivity index is 3.21. The van der Waals surface area contributed by atoms with Gasteiger partial charge in [0.1, 0.15) is 11.4 Å². The van der Waals surface area contributed by atoms with E-state index >= 15 is 0 Å². The van der Waals surface area contributed by atoms with Gasteiger partial charge in [0.05, 0.1) is 0 Å². The molecule has 1 N–H and O–H groups in total. The van der Waals surface area contributed by atoms with Crippen LogP contribution in [0.25, 0.3) is 0 Å². The third-order valence-corrected chi connectivity index (χ3v) is 2.85. The molecule has 0 aliphatic carbocycles. The summed E-state index contributed by atoms with van der Waals surface area (Å²) in [6.45, 7) is 11.9. The Hall–Kier alpha value is -1.25. The predicted octanol–water partition coefficient (Wildman–Crippen LogP) is 3.55. The first-order valence-corrected chi connectivity index (χ1v) is 6.35. The quantitative estimate of drug-likeness (QED) is 0.817. The van der Waals surface area contributed by atoms with Gasteiger partial charge in [0.25, 0.3) is 0 Å². The van der Waals surface area contributed by atoms with E-state index in [-0.39, 0.29) is 16.9 Å². The highest BCUT2D eigenvalue weighted by atomic mass is 16.3. The van der Waals surface area contributed by atoms with Gasteiger partial charge < -0.3 is 9.67 Å². The highest BCUT2D eigenvalue weighted by molar-refractivity contribution is 6.01. The second-order valence-corrected chi connectivity index (χ2v) is 7.28. The maximum Gasteiger partial charge on any atom is 0.188 e. The van der Waals surface area contributed by atoms with Crippen LogP contribution in [-0.2, 0) is 13.5 Å². The fourth-order valence-corrected chi connectivity index (χ4v) is 2.00. The largest absolute Gasteiger partial charge is 0.505 e. The first kappa shape index (κ1) is 14.8. The average Bonchev–Trinajstić information content (AvgIpc) is 2.36. The summed E-state index contributed by atoms with van der Waals surface area (Å²) in [7, 11) is 1.81. The zero-order chi connectivity index (χ0) is 14.3. The van der Waals surface area contributed by atoms with Crippen LogP contribution >= 0.6 is 0 Å². The minimum Gasteiger partial charge on any atom is -0.505 e. The van der Waals surface area contributed by atoms with E-state index in [2.05, 4.69) is 20.8 Å². The van der Waals surface area contributed by atoms with Gasteiger partial charge in [-0.2, -0.15) is 0 Å². The summed E-state index contributed by atoms with van der Waals surface area (Å²) in [5, 5.41) is 10.3. The maximum absolute atomic E-state index is 12.3. The van der Waals surface area contributed by atoms with Crippen LogP contribution in [-0.4, -0.2) is 15.5 Å². The highest BCUT2D eigenvalue weighted by Crippen LogP contribution is 2.34. The number of hydrogen-bond donors (Lipinski definition) is 1. The molecule has 3 heteroatoms. The van der Waals surface area contributed by atoms with Crippen LogP contribution in [0.15, 0.2) is 6.20 Å². The first-order chi connectivity index (χ1) is 7.93. The molecule has 1 aromatic rings. The van der Waals surface area contributed by atoms with Crippen molar-refractivity contribution in [2.75, 3.05) is 0 Å². The molecule has 0 bridgehead atoms. The number of nitrogens with zero attached hydrogens (tertiary/aromatic N) is 1. The molecule has 0 aromatic carbocycles. The molecule has 0 spiro atoms. The summed E-state index contributed by atoms with van der Waals surface area (Å²) in [5.41, 5.74) is 0.864. The number of Topliss-reactive ketones (excluding diaryl/α,β-unsaturated/α-hetero) is 1. The fourth-order valence-electron chi connectivity index (χ4n) is 2.00. The van der Waals surface area contributed by atoms with E-state index in [0.717, 1.165) is 12.0 Å². The lowest BCUT2D eigenvalue weighted by molar-refractivity contribution is 0.0846. The Morgan fingerprint density at radius 2 is 1.72 bits per heavy atom. The SMILES string of the molecule is Cn1cc(CC(C)(C)C)c(O)c1C(=O)C(C)(C)C. The molecule has 0 fully saturated rings. The molecule has 1 aromatic heterocycles. The molecule has 0 amide bonds. The summed E-state index contributed by atoms with van der Waals surface area (Å²) in [6.07, 6.45) is 2.61. The third-order valence-electron chi connectivity index (χ3n) is 2.85. The van der Waals surface area contributed by atoms with Crippen LogP contribution in [0.2, 0.25) is 0 Å². The number of hydrogen-bond acceptors (Lipinski definition) is 2. The van der Waals surface area contributed by atoms with Crippen LogP contribution < -0.4 is 0 Å². The van der Waals surface area contributed by atoms with Gasteiger partial charge in [0.2, 0.25) is 0 Å². The summed E-state index contributed by atoms with van der Waals surface area (Å²) < 4.78 is 1.74. The fraction of sp³-hybridized carbons (Fsp3) is 0.667. The van der Waals surface area contributed by atoms with E-state index in [1.54, 1.807) is 4.57 Å². The second kappa shape index (κ2) is 4.45. The van der Waals surface area contributed by atoms with Crippen molar-refractivity contribution >= 4 is 5.78 Å². The molecule has 0 atom stereocenters. The van der Waals surface area contributed by atoms with Crippen LogP contribution in [0.4, 0.5) is 0 Å². The molecule has 0 aliphatic rings. The van der Waals surface area contributed by atoms with Gasteiger partial charge in [-0.15, -0.1) is 0 Å². The van der Waals surface area contributed by atoms with Crippen LogP contribution in [0.1, 0.15) is 57.6 Å². The lowest BCUT2D eigenvalue weighted by Gasteiger charge is -2.18. The number of aromatic hydroxyl groups is 1. The van der Waals surface area contributed by atoms with Crippen molar-refractivity contribution in [3.05, 3.63) is 17.5 Å². The summed E-state index contributed by atoms with van der Waals surface area (Å²) in [6, 6.07) is 0. The summed E-state index contributed by atoms with van der Waals surface area (Å²) >= 11 is 0. The molecule has 1 rings (SSSR count). The molecule has 0 radical (unpaired) electrons. The molecule has 1 heterocycles. The molecule has 0 saturated heterocycles. The van der Waals surface area contributed by atoms with Crippen molar-refractivity contribution in [2.24, 2.45) is 17.9 Å². The molecule has 0 saturated carbocycles. The van der Waals surface area contributed by atoms with E-state index < -0.39 is 5.41 Å². The Bertz CT molecular complexity index is 456. The van der Waals surface area contributed by atoms with Gasteiger partial charge in [0.15, 0.2) is 5.78 Å². The van der Waals surface area contributed by atoms with Gasteiger partial charge in [-0.3, -0.25) is 4.79 Å². The number of aromatic nitrogens is 1. The molecule has 0 aliphatic heterocycles. The lowest BCUT2D eigenvalue weighted by atomic mass is 9.86. The lowest BCUT2D eigenvalue weighted by Crippen LogP contribution is -2.22. The second-order valence-electron chi connectivity index (χ2n) is 7.28. The van der Waals surface area contributed by atoms with Gasteiger partial charge in [-0.25, -0.2) is 0 Å². The minimum atomic E-state index is -0.484. The van der Waals surface area contributed by atoms with E-state index in [1.807, 2.05) is 34.0 Å². The summed E-state index contributed by atoms with van der Waals surface area (Å²) in [4.78, 5) is 12.3. The van der Waals surface area contributed by atoms with E-state index in [9.17, 15) is 9.90 Å². The number of carbonyl (C=O) groups excluding carboxylic acids is 1. The molecule has 0 unspecified atom stereocenters. The maximum atomic E-state index is 12.3. The topological polar surface area (TPSA) is 42.2 Å². The molecular formula is C15H25NO2. The van der Waals surface area contributed by atoms with Crippen molar-refractivity contribution in [2.45, 2.75) is 48.0 Å². The van der Waals surface area contributed by atoms with Gasteiger partial charge in [-0.05, 0) is 11.8 Å². The Kier molecular flexibility index (Phi) is 3.66. The van der Waals surface area contributed by atoms with Crippen molar-refractivity contribution < 1.29 is 9.90 Å². The number of ketones is 1. The van der Waals surface area contributed by atoms with Crippen LogP contribution in [0, 0.1) is 10.8 Å². The van der Waals surface area contributed by atoms with Crippen LogP contribution in [0.5, 0.6) is 5.75 Å². The Morgan fingerprint density at radius 1 is 1.22 bits per heavy atom. The normalized spacial score (nSPS) is 12.8. The minimum absolute atomic E-state index is 0.0253. The molecule has 3 nitrogen and oxygen atoms in total. The molecule has 102 valence electrons. The van der Waals surface area contributed by atoms with E-state index in [1.165, 1.54) is 0 Å². The van der Waals surface area contributed by atoms with E-state index in [4.69, 9.17) is 0 Å². The molecule has 18 heavy (non-hydrogen) atoms. The van der Waals surface area contributed by atoms with Gasteiger partial charge in [-0.1, -0.05) is 41.5 Å². The zero-order valence-electron chi connectivity index (χ0n) is 12.6. The van der Waals surface area contributed by atoms with Crippen molar-refractivity contribution in [3.8, 4) is 5.75 Å². The Morgan fingerprint density at radius 3 is 2.11 bits per heavy atom. The Labute approximate surface area is 110 Å². The average molecular weight is 251 g/mol. The highest BCUT2D eigenvalue weighted by Gasteiger charge is 2.30. The third kappa shape index (κ3) is 3.15. The number of aryl methyl sites for hydroxylation is 1. The van der Waals surface area contributed by atoms with Crippen molar-refractivity contribution in [3.63, 3.8) is 0 Å². The predicted molar refractivity (Wildman–Crippen MR) is 74.0 cm³/mol. The van der Waals surface area contributed by atoms with Gasteiger partial charge in [0, 0.05) is 24.2 Å². The summed E-state index contributed by atoms with van der Waals surface area (Å²) in [5.74, 6) is 0.120. The number of rotatable bonds is 2. The monoisotopic (exact) mass is 251 g/mol. The van der Waals surface area contributed by atoms with Crippen molar-refractivity contribution in [1.29, 1.82) is 0 Å². The first-order valence-electron chi connectivity index (χ1n) is 6.35.